The van der Waals surface area contributed by atoms with Gasteiger partial charge in [-0.2, -0.15) is 0 Å². The van der Waals surface area contributed by atoms with E-state index in [1.807, 2.05) is 0 Å². The fourth-order valence-corrected chi connectivity index (χ4v) is 2.00. The Morgan fingerprint density at radius 2 is 1.88 bits per heavy atom. The van der Waals surface area contributed by atoms with Crippen LogP contribution in [0.1, 0.15) is 0 Å². The van der Waals surface area contributed by atoms with Gasteiger partial charge in [0.1, 0.15) is 10.1 Å². The summed E-state index contributed by atoms with van der Waals surface area (Å²) in [5.74, 6) is 0. The Labute approximate surface area is 91.4 Å². The van der Waals surface area contributed by atoms with Gasteiger partial charge in [0.2, 0.25) is 0 Å². The molecule has 0 saturated carbocycles. The second-order valence-corrected chi connectivity index (χ2v) is 4.74. The molecule has 0 aliphatic heterocycles. The summed E-state index contributed by atoms with van der Waals surface area (Å²) in [7, 11) is -1.06. The molecule has 0 fully saturated rings. The molecule has 0 atom stereocenters. The SMILES string of the molecule is CN(C)c1ccc(S(=O)(=O)[O-])c2nonc12. The first-order chi connectivity index (χ1) is 7.41. The third-order valence-electron chi connectivity index (χ3n) is 2.11. The van der Waals surface area contributed by atoms with Crippen LogP contribution in [-0.2, 0) is 10.1 Å². The third-order valence-corrected chi connectivity index (χ3v) is 2.98. The van der Waals surface area contributed by atoms with Crippen LogP contribution in [0.4, 0.5) is 5.69 Å². The molecule has 2 aromatic rings. The Bertz CT molecular complexity index is 632. The highest BCUT2D eigenvalue weighted by Gasteiger charge is 2.16. The molecule has 0 aliphatic rings. The Morgan fingerprint density at radius 1 is 1.25 bits per heavy atom. The first kappa shape index (κ1) is 10.8. The first-order valence-corrected chi connectivity index (χ1v) is 5.70. The monoisotopic (exact) mass is 242 g/mol. The molecule has 1 aromatic heterocycles. The Morgan fingerprint density at radius 3 is 2.44 bits per heavy atom. The zero-order valence-electron chi connectivity index (χ0n) is 8.54. The summed E-state index contributed by atoms with van der Waals surface area (Å²) < 4.78 is 37.3. The molecule has 1 heterocycles. The smallest absolute Gasteiger partial charge is 0.159 e. The molecule has 0 unspecified atom stereocenters. The van der Waals surface area contributed by atoms with Gasteiger partial charge in [0.05, 0.1) is 10.6 Å². The highest BCUT2D eigenvalue weighted by atomic mass is 32.2. The number of anilines is 1. The van der Waals surface area contributed by atoms with Crippen LogP contribution in [0.2, 0.25) is 0 Å². The van der Waals surface area contributed by atoms with E-state index in [9.17, 15) is 13.0 Å². The lowest BCUT2D eigenvalue weighted by Gasteiger charge is -2.14. The van der Waals surface area contributed by atoms with E-state index in [4.69, 9.17) is 0 Å². The standard InChI is InChI=1S/C8H9N3O4S/c1-11(2)5-3-4-6(16(12,13)14)8-7(5)9-15-10-8/h3-4H,1-2H3,(H,12,13,14)/p-1. The molecule has 0 aliphatic carbocycles. The zero-order valence-corrected chi connectivity index (χ0v) is 9.35. The molecule has 0 amide bonds. The Kier molecular flexibility index (Phi) is 2.32. The van der Waals surface area contributed by atoms with Gasteiger partial charge in [-0.05, 0) is 22.4 Å². The molecular weight excluding hydrogens is 234 g/mol. The van der Waals surface area contributed by atoms with Crippen molar-refractivity contribution in [2.24, 2.45) is 0 Å². The van der Waals surface area contributed by atoms with Crippen molar-refractivity contribution in [1.82, 2.24) is 10.3 Å². The molecule has 16 heavy (non-hydrogen) atoms. The van der Waals surface area contributed by atoms with Crippen LogP contribution in [0.5, 0.6) is 0 Å². The van der Waals surface area contributed by atoms with Crippen molar-refractivity contribution in [3.8, 4) is 0 Å². The normalized spacial score (nSPS) is 11.9. The van der Waals surface area contributed by atoms with Crippen molar-refractivity contribution in [2.45, 2.75) is 4.90 Å². The zero-order chi connectivity index (χ0) is 11.9. The highest BCUT2D eigenvalue weighted by Crippen LogP contribution is 2.27. The molecular formula is C8H8N3O4S-. The van der Waals surface area contributed by atoms with Gasteiger partial charge in [-0.3, -0.25) is 0 Å². The first-order valence-electron chi connectivity index (χ1n) is 4.30. The predicted molar refractivity (Wildman–Crippen MR) is 54.1 cm³/mol. The van der Waals surface area contributed by atoms with E-state index in [2.05, 4.69) is 14.9 Å². The van der Waals surface area contributed by atoms with Crippen molar-refractivity contribution in [1.29, 1.82) is 0 Å². The quantitative estimate of drug-likeness (QED) is 0.693. The van der Waals surface area contributed by atoms with Crippen molar-refractivity contribution in [3.63, 3.8) is 0 Å². The second kappa shape index (κ2) is 3.42. The minimum atomic E-state index is -4.57. The number of nitrogens with zero attached hydrogens (tertiary/aromatic N) is 3. The van der Waals surface area contributed by atoms with Gasteiger partial charge in [-0.25, -0.2) is 13.0 Å². The van der Waals surface area contributed by atoms with E-state index < -0.39 is 15.0 Å². The molecule has 86 valence electrons. The topological polar surface area (TPSA) is 99.4 Å². The minimum absolute atomic E-state index is 0.0406. The van der Waals surface area contributed by atoms with E-state index in [1.165, 1.54) is 12.1 Å². The van der Waals surface area contributed by atoms with E-state index in [0.29, 0.717) is 5.69 Å². The number of benzene rings is 1. The summed E-state index contributed by atoms with van der Waals surface area (Å²) in [6.45, 7) is 0. The molecule has 2 rings (SSSR count). The number of rotatable bonds is 2. The van der Waals surface area contributed by atoms with Gasteiger partial charge in [0, 0.05) is 14.1 Å². The van der Waals surface area contributed by atoms with Crippen LogP contribution in [0, 0.1) is 0 Å². The van der Waals surface area contributed by atoms with Crippen LogP contribution in [-0.4, -0.2) is 37.4 Å². The molecule has 0 radical (unpaired) electrons. The summed E-state index contributed by atoms with van der Waals surface area (Å²) in [5, 5.41) is 7.02. The lowest BCUT2D eigenvalue weighted by molar-refractivity contribution is 0.315. The van der Waals surface area contributed by atoms with Gasteiger partial charge < -0.3 is 9.45 Å². The molecule has 8 heteroatoms. The molecule has 1 aromatic carbocycles. The Balaban J connectivity index is 2.84. The molecule has 0 bridgehead atoms. The van der Waals surface area contributed by atoms with Crippen molar-refractivity contribution in [3.05, 3.63) is 12.1 Å². The van der Waals surface area contributed by atoms with Gasteiger partial charge in [0.25, 0.3) is 0 Å². The Hall–Kier alpha value is -1.67. The lowest BCUT2D eigenvalue weighted by atomic mass is 10.2. The van der Waals surface area contributed by atoms with Crippen molar-refractivity contribution in [2.75, 3.05) is 19.0 Å². The van der Waals surface area contributed by atoms with Crippen LogP contribution in [0.25, 0.3) is 11.0 Å². The van der Waals surface area contributed by atoms with Crippen LogP contribution in [0.15, 0.2) is 21.7 Å². The minimum Gasteiger partial charge on any atom is -0.744 e. The average Bonchev–Trinajstić information content (AvgIpc) is 2.61. The number of fused-ring (bicyclic) bond motifs is 1. The molecule has 0 spiro atoms. The van der Waals surface area contributed by atoms with Crippen LogP contribution >= 0.6 is 0 Å². The maximum Gasteiger partial charge on any atom is 0.159 e. The van der Waals surface area contributed by atoms with Gasteiger partial charge in [0.15, 0.2) is 11.0 Å². The highest BCUT2D eigenvalue weighted by molar-refractivity contribution is 7.86. The summed E-state index contributed by atoms with van der Waals surface area (Å²) in [5.41, 5.74) is 0.840. The maximum absolute atomic E-state index is 10.9. The van der Waals surface area contributed by atoms with Crippen molar-refractivity contribution >= 4 is 26.8 Å². The molecule has 7 nitrogen and oxygen atoms in total. The van der Waals surface area contributed by atoms with E-state index in [1.54, 1.807) is 19.0 Å². The summed E-state index contributed by atoms with van der Waals surface area (Å²) in [4.78, 5) is 1.29. The van der Waals surface area contributed by atoms with Gasteiger partial charge >= 0.3 is 0 Å². The lowest BCUT2D eigenvalue weighted by Crippen LogP contribution is -2.10. The molecule has 0 saturated heterocycles. The number of hydrogen-bond acceptors (Lipinski definition) is 7. The second-order valence-electron chi connectivity index (χ2n) is 3.39. The maximum atomic E-state index is 10.9. The molecule has 0 N–H and O–H groups in total. The fraction of sp³-hybridized carbons (Fsp3) is 0.250. The predicted octanol–water partition coefficient (Wildman–Crippen LogP) is 0.193. The summed E-state index contributed by atoms with van der Waals surface area (Å²) in [6, 6.07) is 2.68. The van der Waals surface area contributed by atoms with E-state index >= 15 is 0 Å². The number of hydrogen-bond donors (Lipinski definition) is 0. The van der Waals surface area contributed by atoms with Gasteiger partial charge in [-0.15, -0.1) is 0 Å². The van der Waals surface area contributed by atoms with Gasteiger partial charge in [-0.1, -0.05) is 0 Å². The fourth-order valence-electron chi connectivity index (χ4n) is 1.39. The summed E-state index contributed by atoms with van der Waals surface area (Å²) in [6.07, 6.45) is 0. The van der Waals surface area contributed by atoms with Crippen molar-refractivity contribution < 1.29 is 17.6 Å². The average molecular weight is 242 g/mol. The largest absolute Gasteiger partial charge is 0.744 e. The summed E-state index contributed by atoms with van der Waals surface area (Å²) >= 11 is 0. The van der Waals surface area contributed by atoms with Crippen LogP contribution < -0.4 is 4.90 Å². The third kappa shape index (κ3) is 1.61. The van der Waals surface area contributed by atoms with E-state index in [0.717, 1.165) is 0 Å². The van der Waals surface area contributed by atoms with Crippen LogP contribution in [0.3, 0.4) is 0 Å². The number of aromatic nitrogens is 2. The van der Waals surface area contributed by atoms with E-state index in [-0.39, 0.29) is 11.0 Å².